The minimum absolute atomic E-state index is 0.109. The fourth-order valence-corrected chi connectivity index (χ4v) is 5.21. The first-order chi connectivity index (χ1) is 15.6. The first-order valence-electron chi connectivity index (χ1n) is 11.9. The molecule has 0 spiro atoms. The van der Waals surface area contributed by atoms with Gasteiger partial charge in [-0.2, -0.15) is 0 Å². The molecule has 2 aliphatic carbocycles. The van der Waals surface area contributed by atoms with Crippen LogP contribution in [0.1, 0.15) is 74.6 Å². The average molecular weight is 433 g/mol. The van der Waals surface area contributed by atoms with E-state index >= 15 is 0 Å². The second kappa shape index (κ2) is 10.1. The van der Waals surface area contributed by atoms with Crippen LogP contribution in [-0.4, -0.2) is 29.2 Å². The predicted octanol–water partition coefficient (Wildman–Crippen LogP) is 5.05. The van der Waals surface area contributed by atoms with Gasteiger partial charge in [0.25, 0.3) is 11.7 Å². The topological polar surface area (TPSA) is 66.5 Å². The molecular formula is C27H32N2O3. The largest absolute Gasteiger partial charge is 0.351 e. The van der Waals surface area contributed by atoms with Crippen LogP contribution in [0.25, 0.3) is 0 Å². The molecule has 2 amide bonds. The van der Waals surface area contributed by atoms with Gasteiger partial charge in [-0.1, -0.05) is 87.1 Å². The van der Waals surface area contributed by atoms with Crippen molar-refractivity contribution in [3.8, 4) is 0 Å². The van der Waals surface area contributed by atoms with Crippen LogP contribution in [0.5, 0.6) is 0 Å². The number of benzene rings is 2. The summed E-state index contributed by atoms with van der Waals surface area (Å²) >= 11 is 0. The monoisotopic (exact) mass is 432 g/mol. The molecular weight excluding hydrogens is 400 g/mol. The van der Waals surface area contributed by atoms with E-state index in [-0.39, 0.29) is 11.9 Å². The summed E-state index contributed by atoms with van der Waals surface area (Å²) in [6.45, 7) is 0. The van der Waals surface area contributed by atoms with Gasteiger partial charge in [0.15, 0.2) is 0 Å². The molecule has 2 fully saturated rings. The number of Topliss-reactive ketones (excluding diaryl/α,β-unsaturated/α-hetero) is 1. The Hall–Kier alpha value is -2.95. The Bertz CT molecular complexity index is 930. The highest BCUT2D eigenvalue weighted by Gasteiger charge is 2.49. The summed E-state index contributed by atoms with van der Waals surface area (Å²) in [6.07, 6.45) is 9.26. The number of nitrogens with one attached hydrogen (secondary N) is 1. The third-order valence-corrected chi connectivity index (χ3v) is 6.92. The van der Waals surface area contributed by atoms with Gasteiger partial charge in [-0.05, 0) is 37.8 Å². The Morgan fingerprint density at radius 1 is 0.750 bits per heavy atom. The number of carbonyl (C=O) groups excluding carboxylic acids is 3. The van der Waals surface area contributed by atoms with Crippen molar-refractivity contribution in [1.29, 1.82) is 0 Å². The molecule has 5 nitrogen and oxygen atoms in total. The van der Waals surface area contributed by atoms with Crippen molar-refractivity contribution in [2.75, 3.05) is 4.90 Å². The average Bonchev–Trinajstić information content (AvgIpc) is 2.86. The van der Waals surface area contributed by atoms with Crippen LogP contribution in [-0.2, 0) is 9.59 Å². The van der Waals surface area contributed by atoms with Crippen molar-refractivity contribution in [2.24, 2.45) is 0 Å². The summed E-state index contributed by atoms with van der Waals surface area (Å²) in [5.41, 5.74) is -0.0990. The highest BCUT2D eigenvalue weighted by molar-refractivity contribution is 6.48. The molecule has 0 atom stereocenters. The molecule has 0 bridgehead atoms. The van der Waals surface area contributed by atoms with E-state index in [9.17, 15) is 14.4 Å². The van der Waals surface area contributed by atoms with Crippen molar-refractivity contribution in [3.63, 3.8) is 0 Å². The van der Waals surface area contributed by atoms with E-state index in [0.717, 1.165) is 44.9 Å². The zero-order chi connectivity index (χ0) is 22.4. The fraction of sp³-hybridized carbons (Fsp3) is 0.444. The van der Waals surface area contributed by atoms with Gasteiger partial charge in [0.1, 0.15) is 5.54 Å². The molecule has 2 saturated carbocycles. The van der Waals surface area contributed by atoms with Crippen molar-refractivity contribution >= 4 is 23.3 Å². The highest BCUT2D eigenvalue weighted by atomic mass is 16.2. The number of hydrogen-bond donors (Lipinski definition) is 1. The minimum atomic E-state index is -1.04. The Labute approximate surface area is 190 Å². The van der Waals surface area contributed by atoms with Crippen LogP contribution >= 0.6 is 0 Å². The number of ketones is 1. The quantitative estimate of drug-likeness (QED) is 0.513. The van der Waals surface area contributed by atoms with Crippen molar-refractivity contribution in [3.05, 3.63) is 66.2 Å². The molecule has 0 heterocycles. The number of hydrogen-bond acceptors (Lipinski definition) is 3. The van der Waals surface area contributed by atoms with E-state index in [4.69, 9.17) is 0 Å². The number of carbonyl (C=O) groups is 3. The summed E-state index contributed by atoms with van der Waals surface area (Å²) in [7, 11) is 0. The number of amides is 2. The first kappa shape index (κ1) is 22.3. The second-order valence-corrected chi connectivity index (χ2v) is 9.07. The van der Waals surface area contributed by atoms with Gasteiger partial charge in [-0.25, -0.2) is 0 Å². The molecule has 4 rings (SSSR count). The maximum atomic E-state index is 13.9. The lowest BCUT2D eigenvalue weighted by Gasteiger charge is -2.45. The smallest absolute Gasteiger partial charge is 0.300 e. The SMILES string of the molecule is O=C(C(=O)N(c1ccccc1)C1(C(=O)NC2CCCCC2)CCCCC1)c1ccccc1. The summed E-state index contributed by atoms with van der Waals surface area (Å²) in [6, 6.07) is 18.0. The van der Waals surface area contributed by atoms with E-state index in [1.54, 1.807) is 24.3 Å². The van der Waals surface area contributed by atoms with Gasteiger partial charge in [0, 0.05) is 17.3 Å². The van der Waals surface area contributed by atoms with Gasteiger partial charge < -0.3 is 5.32 Å². The molecule has 168 valence electrons. The van der Waals surface area contributed by atoms with E-state index in [0.29, 0.717) is 24.1 Å². The van der Waals surface area contributed by atoms with Gasteiger partial charge in [0.2, 0.25) is 5.91 Å². The lowest BCUT2D eigenvalue weighted by molar-refractivity contribution is -0.131. The van der Waals surface area contributed by atoms with Crippen molar-refractivity contribution in [1.82, 2.24) is 5.32 Å². The lowest BCUT2D eigenvalue weighted by atomic mass is 9.78. The molecule has 5 heteroatoms. The zero-order valence-electron chi connectivity index (χ0n) is 18.6. The van der Waals surface area contributed by atoms with Crippen LogP contribution in [0.4, 0.5) is 5.69 Å². The molecule has 2 aliphatic rings. The number of nitrogens with zero attached hydrogens (tertiary/aromatic N) is 1. The molecule has 0 saturated heterocycles. The van der Waals surface area contributed by atoms with Crippen LogP contribution in [0.15, 0.2) is 60.7 Å². The maximum absolute atomic E-state index is 13.9. The molecule has 1 N–H and O–H groups in total. The summed E-state index contributed by atoms with van der Waals surface area (Å²) in [5.74, 6) is -1.32. The Balaban J connectivity index is 1.73. The number of para-hydroxylation sites is 1. The molecule has 2 aromatic carbocycles. The molecule has 0 aromatic heterocycles. The van der Waals surface area contributed by atoms with Gasteiger partial charge in [-0.3, -0.25) is 19.3 Å². The van der Waals surface area contributed by atoms with E-state index < -0.39 is 17.2 Å². The van der Waals surface area contributed by atoms with E-state index in [1.807, 2.05) is 36.4 Å². The molecule has 0 unspecified atom stereocenters. The molecule has 32 heavy (non-hydrogen) atoms. The third-order valence-electron chi connectivity index (χ3n) is 6.92. The Morgan fingerprint density at radius 2 is 1.31 bits per heavy atom. The van der Waals surface area contributed by atoms with Crippen LogP contribution < -0.4 is 10.2 Å². The van der Waals surface area contributed by atoms with Gasteiger partial charge in [-0.15, -0.1) is 0 Å². The standard InChI is InChI=1S/C27H32N2O3/c30-24(21-13-5-1-6-14-21)25(31)29(23-17-9-3-10-18-23)27(19-11-4-12-20-27)26(32)28-22-15-7-2-8-16-22/h1,3,5-6,9-10,13-14,17-18,22H,2,4,7-8,11-12,15-16,19-20H2,(H,28,32). The Morgan fingerprint density at radius 3 is 1.94 bits per heavy atom. The van der Waals surface area contributed by atoms with Crippen LogP contribution in [0.3, 0.4) is 0 Å². The second-order valence-electron chi connectivity index (χ2n) is 9.07. The predicted molar refractivity (Wildman–Crippen MR) is 126 cm³/mol. The van der Waals surface area contributed by atoms with E-state index in [1.165, 1.54) is 11.3 Å². The first-order valence-corrected chi connectivity index (χ1v) is 11.9. The summed E-state index contributed by atoms with van der Waals surface area (Å²) in [4.78, 5) is 42.3. The summed E-state index contributed by atoms with van der Waals surface area (Å²) < 4.78 is 0. The van der Waals surface area contributed by atoms with Gasteiger partial charge >= 0.3 is 0 Å². The lowest BCUT2D eigenvalue weighted by Crippen LogP contribution is -2.64. The van der Waals surface area contributed by atoms with Crippen molar-refractivity contribution < 1.29 is 14.4 Å². The maximum Gasteiger partial charge on any atom is 0.300 e. The minimum Gasteiger partial charge on any atom is -0.351 e. The Kier molecular flexibility index (Phi) is 7.03. The number of rotatable bonds is 6. The zero-order valence-corrected chi connectivity index (χ0v) is 18.6. The van der Waals surface area contributed by atoms with Crippen molar-refractivity contribution in [2.45, 2.75) is 75.8 Å². The van der Waals surface area contributed by atoms with Crippen LogP contribution in [0, 0.1) is 0 Å². The molecule has 2 aromatic rings. The molecule has 0 aliphatic heterocycles. The fourth-order valence-electron chi connectivity index (χ4n) is 5.21. The number of anilines is 1. The highest BCUT2D eigenvalue weighted by Crippen LogP contribution is 2.38. The third kappa shape index (κ3) is 4.62. The van der Waals surface area contributed by atoms with Crippen LogP contribution in [0.2, 0.25) is 0 Å². The summed E-state index contributed by atoms with van der Waals surface area (Å²) in [5, 5.41) is 3.27. The molecule has 0 radical (unpaired) electrons. The normalized spacial score (nSPS) is 18.5. The van der Waals surface area contributed by atoms with Gasteiger partial charge in [0.05, 0.1) is 0 Å². The van der Waals surface area contributed by atoms with E-state index in [2.05, 4.69) is 5.32 Å².